The van der Waals surface area contributed by atoms with E-state index in [4.69, 9.17) is 19.0 Å². The van der Waals surface area contributed by atoms with Crippen molar-refractivity contribution in [2.45, 2.75) is 53.7 Å². The predicted molar refractivity (Wildman–Crippen MR) is 143 cm³/mol. The van der Waals surface area contributed by atoms with Gasteiger partial charge in [-0.25, -0.2) is 9.78 Å². The number of benzene rings is 2. The van der Waals surface area contributed by atoms with Gasteiger partial charge in [0.05, 0.1) is 18.8 Å². The van der Waals surface area contributed by atoms with Crippen LogP contribution in [0.3, 0.4) is 0 Å². The van der Waals surface area contributed by atoms with Crippen LogP contribution < -0.4 is 4.74 Å². The number of carbonyl (C=O) groups excluding carboxylic acids is 1. The van der Waals surface area contributed by atoms with Crippen molar-refractivity contribution < 1.29 is 18.7 Å². The fraction of sp³-hybridized carbons (Fsp3) is 0.300. The van der Waals surface area contributed by atoms with Gasteiger partial charge in [-0.05, 0) is 62.6 Å². The molecule has 0 saturated carbocycles. The van der Waals surface area contributed by atoms with Crippen molar-refractivity contribution in [3.63, 3.8) is 0 Å². The molecule has 2 aromatic carbocycles. The van der Waals surface area contributed by atoms with Crippen LogP contribution in [0.15, 0.2) is 65.1 Å². The average molecular weight is 500 g/mol. The lowest BCUT2D eigenvalue weighted by Gasteiger charge is -2.09. The Balaban J connectivity index is 1.43. The normalized spacial score (nSPS) is 11.2. The van der Waals surface area contributed by atoms with Gasteiger partial charge >= 0.3 is 5.97 Å². The van der Waals surface area contributed by atoms with Gasteiger partial charge in [0.25, 0.3) is 0 Å². The Hall–Kier alpha value is -4.13. The molecule has 0 aliphatic carbocycles. The Kier molecular flexibility index (Phi) is 8.56. The molecule has 0 aliphatic rings. The number of aromatic nitrogens is 3. The highest BCUT2D eigenvalue weighted by atomic mass is 16.5. The molecule has 2 aromatic heterocycles. The van der Waals surface area contributed by atoms with Crippen LogP contribution in [0.4, 0.5) is 0 Å². The minimum absolute atomic E-state index is 0.330. The first-order chi connectivity index (χ1) is 18.0. The highest BCUT2D eigenvalue weighted by molar-refractivity contribution is 5.87. The Labute approximate surface area is 217 Å². The summed E-state index contributed by atoms with van der Waals surface area (Å²) in [4.78, 5) is 16.4. The molecule has 0 atom stereocenters. The van der Waals surface area contributed by atoms with E-state index in [1.807, 2.05) is 72.3 Å². The molecule has 0 fully saturated rings. The summed E-state index contributed by atoms with van der Waals surface area (Å²) in [5, 5.41) is 4.82. The SMILES string of the molecule is CCOC(=O)/C=C/c1c(CC)nn(Cc2ccc(OCc3nc(-c4ccccc4)oc3C)cc2)c1CC. The number of hydrogen-bond acceptors (Lipinski definition) is 6. The highest BCUT2D eigenvalue weighted by Gasteiger charge is 2.15. The Morgan fingerprint density at radius 1 is 1.00 bits per heavy atom. The van der Waals surface area contributed by atoms with E-state index in [9.17, 15) is 4.79 Å². The van der Waals surface area contributed by atoms with Crippen LogP contribution in [-0.2, 0) is 35.5 Å². The van der Waals surface area contributed by atoms with E-state index in [1.54, 1.807) is 6.92 Å². The number of aryl methyl sites for hydroxylation is 2. The molecule has 0 radical (unpaired) electrons. The monoisotopic (exact) mass is 499 g/mol. The summed E-state index contributed by atoms with van der Waals surface area (Å²) in [5.74, 6) is 1.77. The number of esters is 1. The summed E-state index contributed by atoms with van der Waals surface area (Å²) >= 11 is 0. The lowest BCUT2D eigenvalue weighted by atomic mass is 10.1. The average Bonchev–Trinajstić information content (AvgIpc) is 3.46. The first-order valence-corrected chi connectivity index (χ1v) is 12.7. The zero-order valence-electron chi connectivity index (χ0n) is 21.9. The fourth-order valence-corrected chi connectivity index (χ4v) is 4.15. The van der Waals surface area contributed by atoms with Crippen molar-refractivity contribution in [3.8, 4) is 17.2 Å². The zero-order valence-corrected chi connectivity index (χ0v) is 21.9. The van der Waals surface area contributed by atoms with Gasteiger partial charge in [0.2, 0.25) is 5.89 Å². The van der Waals surface area contributed by atoms with Crippen molar-refractivity contribution in [1.29, 1.82) is 0 Å². The van der Waals surface area contributed by atoms with Gasteiger partial charge in [0.15, 0.2) is 0 Å². The van der Waals surface area contributed by atoms with E-state index in [0.717, 1.165) is 58.1 Å². The third-order valence-electron chi connectivity index (χ3n) is 6.06. The number of carbonyl (C=O) groups is 1. The molecule has 2 heterocycles. The first-order valence-electron chi connectivity index (χ1n) is 12.7. The molecule has 0 aliphatic heterocycles. The molecule has 0 bridgehead atoms. The molecule has 0 amide bonds. The Morgan fingerprint density at radius 2 is 1.76 bits per heavy atom. The van der Waals surface area contributed by atoms with Gasteiger partial charge in [0.1, 0.15) is 23.8 Å². The van der Waals surface area contributed by atoms with Crippen LogP contribution in [0.1, 0.15) is 54.7 Å². The van der Waals surface area contributed by atoms with Gasteiger partial charge in [-0.15, -0.1) is 0 Å². The van der Waals surface area contributed by atoms with Gasteiger partial charge in [-0.3, -0.25) is 4.68 Å². The van der Waals surface area contributed by atoms with E-state index in [-0.39, 0.29) is 5.97 Å². The predicted octanol–water partition coefficient (Wildman–Crippen LogP) is 6.17. The van der Waals surface area contributed by atoms with Crippen LogP contribution >= 0.6 is 0 Å². The number of ether oxygens (including phenoxy) is 2. The van der Waals surface area contributed by atoms with Crippen molar-refractivity contribution in [2.24, 2.45) is 0 Å². The van der Waals surface area contributed by atoms with Crippen molar-refractivity contribution in [2.75, 3.05) is 6.61 Å². The van der Waals surface area contributed by atoms with E-state index >= 15 is 0 Å². The molecule has 0 spiro atoms. The molecule has 7 nitrogen and oxygen atoms in total. The van der Waals surface area contributed by atoms with Crippen LogP contribution in [-0.4, -0.2) is 27.3 Å². The quantitative estimate of drug-likeness (QED) is 0.181. The zero-order chi connectivity index (χ0) is 26.2. The Morgan fingerprint density at radius 3 is 2.43 bits per heavy atom. The molecule has 0 saturated heterocycles. The van der Waals surface area contributed by atoms with Gasteiger partial charge in [-0.1, -0.05) is 44.2 Å². The second-order valence-electron chi connectivity index (χ2n) is 8.58. The first kappa shape index (κ1) is 25.9. The molecule has 4 aromatic rings. The van der Waals surface area contributed by atoms with Crippen molar-refractivity contribution in [1.82, 2.24) is 14.8 Å². The molecule has 0 unspecified atom stereocenters. The molecule has 4 rings (SSSR count). The molecule has 7 heteroatoms. The molecule has 0 N–H and O–H groups in total. The van der Waals surface area contributed by atoms with E-state index in [0.29, 0.717) is 25.6 Å². The minimum atomic E-state index is -0.341. The summed E-state index contributed by atoms with van der Waals surface area (Å²) in [6, 6.07) is 17.8. The lowest BCUT2D eigenvalue weighted by Crippen LogP contribution is -2.06. The van der Waals surface area contributed by atoms with Crippen molar-refractivity contribution >= 4 is 12.0 Å². The maximum absolute atomic E-state index is 11.8. The van der Waals surface area contributed by atoms with Crippen LogP contribution in [0.2, 0.25) is 0 Å². The second-order valence-corrected chi connectivity index (χ2v) is 8.58. The number of rotatable bonds is 11. The maximum Gasteiger partial charge on any atom is 0.330 e. The maximum atomic E-state index is 11.8. The van der Waals surface area contributed by atoms with Gasteiger partial charge in [-0.2, -0.15) is 5.10 Å². The van der Waals surface area contributed by atoms with Crippen LogP contribution in [0.5, 0.6) is 5.75 Å². The molecular formula is C30H33N3O4. The molecule has 37 heavy (non-hydrogen) atoms. The van der Waals surface area contributed by atoms with E-state index in [1.165, 1.54) is 6.08 Å². The van der Waals surface area contributed by atoms with Crippen molar-refractivity contribution in [3.05, 3.63) is 94.6 Å². The fourth-order valence-electron chi connectivity index (χ4n) is 4.15. The van der Waals surface area contributed by atoms with Crippen LogP contribution in [0, 0.1) is 6.92 Å². The second kappa shape index (κ2) is 12.2. The summed E-state index contributed by atoms with van der Waals surface area (Å²) < 4.78 is 18.9. The smallest absolute Gasteiger partial charge is 0.330 e. The van der Waals surface area contributed by atoms with Gasteiger partial charge < -0.3 is 13.9 Å². The largest absolute Gasteiger partial charge is 0.487 e. The standard InChI is InChI=1S/C30H33N3O4/c1-5-26-25(17-18-29(34)35-7-3)28(6-2)33(32-26)19-22-13-15-24(16-14-22)36-20-27-21(4)37-30(31-27)23-11-9-8-10-12-23/h8-18H,5-7,19-20H2,1-4H3/b18-17+. The topological polar surface area (TPSA) is 79.4 Å². The van der Waals surface area contributed by atoms with E-state index in [2.05, 4.69) is 18.8 Å². The number of hydrogen-bond donors (Lipinski definition) is 0. The van der Waals surface area contributed by atoms with E-state index < -0.39 is 0 Å². The third kappa shape index (κ3) is 6.36. The highest BCUT2D eigenvalue weighted by Crippen LogP contribution is 2.24. The molecular weight excluding hydrogens is 466 g/mol. The van der Waals surface area contributed by atoms with Crippen LogP contribution in [0.25, 0.3) is 17.5 Å². The summed E-state index contributed by atoms with van der Waals surface area (Å²) in [6.07, 6.45) is 4.89. The summed E-state index contributed by atoms with van der Waals surface area (Å²) in [7, 11) is 0. The summed E-state index contributed by atoms with van der Waals surface area (Å²) in [6.45, 7) is 9.18. The summed E-state index contributed by atoms with van der Waals surface area (Å²) in [5.41, 5.74) is 5.89. The van der Waals surface area contributed by atoms with Gasteiger partial charge in [0, 0.05) is 22.9 Å². The Bertz CT molecular complexity index is 1350. The minimum Gasteiger partial charge on any atom is -0.487 e. The number of nitrogens with zero attached hydrogens (tertiary/aromatic N) is 3. The number of oxazole rings is 1. The third-order valence-corrected chi connectivity index (χ3v) is 6.06. The molecule has 192 valence electrons. The lowest BCUT2D eigenvalue weighted by molar-refractivity contribution is -0.137.